The highest BCUT2D eigenvalue weighted by atomic mass is 32.2. The third kappa shape index (κ3) is 1.93. The quantitative estimate of drug-likeness (QED) is 0.829. The van der Waals surface area contributed by atoms with E-state index in [1.54, 1.807) is 0 Å². The molecule has 0 amide bonds. The van der Waals surface area contributed by atoms with Crippen LogP contribution in [0.15, 0.2) is 18.2 Å². The third-order valence-corrected chi connectivity index (χ3v) is 4.15. The van der Waals surface area contributed by atoms with E-state index < -0.39 is 0 Å². The molecule has 2 aliphatic heterocycles. The van der Waals surface area contributed by atoms with Crippen LogP contribution >= 0.6 is 11.8 Å². The molecule has 1 saturated heterocycles. The van der Waals surface area contributed by atoms with Crippen LogP contribution in [0.2, 0.25) is 0 Å². The molecule has 3 heteroatoms. The van der Waals surface area contributed by atoms with Gasteiger partial charge in [-0.25, -0.2) is 0 Å². The third-order valence-electron chi connectivity index (χ3n) is 2.99. The standard InChI is InChI=1S/C12H15NOS/c1-2-12-9(3-5-14-12)7-10(1)13-11-4-6-15-8-11/h1-2,7,11,13H,3-6,8H2. The molecule has 15 heavy (non-hydrogen) atoms. The van der Waals surface area contributed by atoms with Gasteiger partial charge in [0.2, 0.25) is 0 Å². The Balaban J connectivity index is 1.75. The number of hydrogen-bond donors (Lipinski definition) is 1. The Morgan fingerprint density at radius 2 is 2.40 bits per heavy atom. The molecule has 2 aliphatic rings. The SMILES string of the molecule is c1cc2c(cc1NC1CCSC1)CCO2. The summed E-state index contributed by atoms with van der Waals surface area (Å²) in [6, 6.07) is 7.13. The second-order valence-corrected chi connectivity index (χ2v) is 5.28. The number of rotatable bonds is 2. The number of ether oxygens (including phenoxy) is 1. The molecule has 2 heterocycles. The summed E-state index contributed by atoms with van der Waals surface area (Å²) >= 11 is 2.04. The van der Waals surface area contributed by atoms with Crippen molar-refractivity contribution >= 4 is 17.4 Å². The van der Waals surface area contributed by atoms with Gasteiger partial charge in [-0.15, -0.1) is 0 Å². The molecule has 0 aliphatic carbocycles. The van der Waals surface area contributed by atoms with Crippen LogP contribution in [0.4, 0.5) is 5.69 Å². The second-order valence-electron chi connectivity index (χ2n) is 4.13. The van der Waals surface area contributed by atoms with Gasteiger partial charge in [-0.05, 0) is 35.9 Å². The predicted molar refractivity (Wildman–Crippen MR) is 65.0 cm³/mol. The number of fused-ring (bicyclic) bond motifs is 1. The molecule has 1 aromatic carbocycles. The Labute approximate surface area is 94.4 Å². The van der Waals surface area contributed by atoms with Gasteiger partial charge in [0, 0.05) is 23.9 Å². The van der Waals surface area contributed by atoms with Crippen molar-refractivity contribution in [2.24, 2.45) is 0 Å². The van der Waals surface area contributed by atoms with E-state index in [1.165, 1.54) is 29.2 Å². The van der Waals surface area contributed by atoms with Crippen LogP contribution in [0.1, 0.15) is 12.0 Å². The van der Waals surface area contributed by atoms with Crippen molar-refractivity contribution < 1.29 is 4.74 Å². The zero-order valence-electron chi connectivity index (χ0n) is 8.66. The van der Waals surface area contributed by atoms with E-state index in [0.717, 1.165) is 18.8 Å². The lowest BCUT2D eigenvalue weighted by atomic mass is 10.1. The highest BCUT2D eigenvalue weighted by molar-refractivity contribution is 7.99. The van der Waals surface area contributed by atoms with Crippen molar-refractivity contribution in [2.75, 3.05) is 23.4 Å². The summed E-state index contributed by atoms with van der Waals surface area (Å²) in [6.45, 7) is 0.845. The first-order chi connectivity index (χ1) is 7.42. The van der Waals surface area contributed by atoms with Crippen molar-refractivity contribution in [3.05, 3.63) is 23.8 Å². The minimum atomic E-state index is 0.662. The lowest BCUT2D eigenvalue weighted by Gasteiger charge is -2.13. The van der Waals surface area contributed by atoms with E-state index in [-0.39, 0.29) is 0 Å². The van der Waals surface area contributed by atoms with Gasteiger partial charge in [-0.3, -0.25) is 0 Å². The number of hydrogen-bond acceptors (Lipinski definition) is 3. The molecule has 1 N–H and O–H groups in total. The molecule has 1 atom stereocenters. The van der Waals surface area contributed by atoms with Crippen molar-refractivity contribution in [1.29, 1.82) is 0 Å². The topological polar surface area (TPSA) is 21.3 Å². The van der Waals surface area contributed by atoms with Gasteiger partial charge >= 0.3 is 0 Å². The van der Waals surface area contributed by atoms with E-state index in [4.69, 9.17) is 4.74 Å². The molecule has 1 unspecified atom stereocenters. The Bertz CT molecular complexity index is 361. The molecule has 0 saturated carbocycles. The zero-order valence-corrected chi connectivity index (χ0v) is 9.48. The molecule has 80 valence electrons. The first-order valence-corrected chi connectivity index (χ1v) is 6.67. The fraction of sp³-hybridized carbons (Fsp3) is 0.500. The van der Waals surface area contributed by atoms with Crippen molar-refractivity contribution in [3.8, 4) is 5.75 Å². The molecule has 1 aromatic rings. The summed E-state index contributed by atoms with van der Waals surface area (Å²) in [5.41, 5.74) is 2.61. The lowest BCUT2D eigenvalue weighted by Crippen LogP contribution is -2.17. The number of anilines is 1. The summed E-state index contributed by atoms with van der Waals surface area (Å²) in [5, 5.41) is 3.59. The molecule has 0 radical (unpaired) electrons. The molecule has 1 fully saturated rings. The molecule has 0 aromatic heterocycles. The van der Waals surface area contributed by atoms with E-state index in [9.17, 15) is 0 Å². The van der Waals surface area contributed by atoms with Gasteiger partial charge in [-0.2, -0.15) is 11.8 Å². The van der Waals surface area contributed by atoms with E-state index in [2.05, 4.69) is 23.5 Å². The minimum absolute atomic E-state index is 0.662. The van der Waals surface area contributed by atoms with Gasteiger partial charge < -0.3 is 10.1 Å². The highest BCUT2D eigenvalue weighted by Gasteiger charge is 2.16. The van der Waals surface area contributed by atoms with E-state index in [1.807, 2.05) is 11.8 Å². The first kappa shape index (κ1) is 9.40. The summed E-state index contributed by atoms with van der Waals surface area (Å²) in [7, 11) is 0. The lowest BCUT2D eigenvalue weighted by molar-refractivity contribution is 0.357. The molecule has 2 nitrogen and oxygen atoms in total. The average molecular weight is 221 g/mol. The summed E-state index contributed by atoms with van der Waals surface area (Å²) in [6.07, 6.45) is 2.35. The predicted octanol–water partition coefficient (Wildman–Crippen LogP) is 2.54. The second kappa shape index (κ2) is 3.97. The van der Waals surface area contributed by atoms with Crippen LogP contribution in [-0.2, 0) is 6.42 Å². The smallest absolute Gasteiger partial charge is 0.122 e. The van der Waals surface area contributed by atoms with Crippen molar-refractivity contribution in [1.82, 2.24) is 0 Å². The number of thioether (sulfide) groups is 1. The van der Waals surface area contributed by atoms with Crippen LogP contribution < -0.4 is 10.1 Å². The van der Waals surface area contributed by atoms with Crippen molar-refractivity contribution in [2.45, 2.75) is 18.9 Å². The zero-order chi connectivity index (χ0) is 10.1. The molecular formula is C12H15NOS. The largest absolute Gasteiger partial charge is 0.493 e. The summed E-state index contributed by atoms with van der Waals surface area (Å²) in [4.78, 5) is 0. The molecule has 0 spiro atoms. The summed E-state index contributed by atoms with van der Waals surface area (Å²) < 4.78 is 5.49. The first-order valence-electron chi connectivity index (χ1n) is 5.52. The van der Waals surface area contributed by atoms with Gasteiger partial charge in [-0.1, -0.05) is 0 Å². The Kier molecular flexibility index (Phi) is 2.49. The van der Waals surface area contributed by atoms with Gasteiger partial charge in [0.15, 0.2) is 0 Å². The monoisotopic (exact) mass is 221 g/mol. The van der Waals surface area contributed by atoms with E-state index in [0.29, 0.717) is 6.04 Å². The van der Waals surface area contributed by atoms with Crippen LogP contribution in [0.3, 0.4) is 0 Å². The van der Waals surface area contributed by atoms with Gasteiger partial charge in [0.05, 0.1) is 6.61 Å². The molecule has 0 bridgehead atoms. The maximum atomic E-state index is 5.49. The van der Waals surface area contributed by atoms with Gasteiger partial charge in [0.1, 0.15) is 5.75 Å². The van der Waals surface area contributed by atoms with Gasteiger partial charge in [0.25, 0.3) is 0 Å². The van der Waals surface area contributed by atoms with Crippen molar-refractivity contribution in [3.63, 3.8) is 0 Å². The average Bonchev–Trinajstić information content (AvgIpc) is 2.87. The highest BCUT2D eigenvalue weighted by Crippen LogP contribution is 2.29. The normalized spacial score (nSPS) is 23.6. The molecular weight excluding hydrogens is 206 g/mol. The Morgan fingerprint density at radius 1 is 1.40 bits per heavy atom. The number of nitrogens with one attached hydrogen (secondary N) is 1. The fourth-order valence-electron chi connectivity index (χ4n) is 2.16. The minimum Gasteiger partial charge on any atom is -0.493 e. The van der Waals surface area contributed by atoms with Crippen LogP contribution in [-0.4, -0.2) is 24.2 Å². The Morgan fingerprint density at radius 3 is 3.27 bits per heavy atom. The van der Waals surface area contributed by atoms with Crippen LogP contribution in [0, 0.1) is 0 Å². The molecule has 3 rings (SSSR count). The van der Waals surface area contributed by atoms with Crippen LogP contribution in [0.25, 0.3) is 0 Å². The van der Waals surface area contributed by atoms with E-state index >= 15 is 0 Å². The van der Waals surface area contributed by atoms with Crippen LogP contribution in [0.5, 0.6) is 5.75 Å². The fourth-order valence-corrected chi connectivity index (χ4v) is 3.31. The number of benzene rings is 1. The maximum Gasteiger partial charge on any atom is 0.122 e. The maximum absolute atomic E-state index is 5.49. The summed E-state index contributed by atoms with van der Waals surface area (Å²) in [5.74, 6) is 3.61. The Hall–Kier alpha value is -0.830.